The number of halogens is 2. The van der Waals surface area contributed by atoms with Gasteiger partial charge in [-0.15, -0.1) is 0 Å². The van der Waals surface area contributed by atoms with E-state index in [1.54, 1.807) is 12.3 Å². The van der Waals surface area contributed by atoms with Gasteiger partial charge in [0.15, 0.2) is 11.6 Å². The molecule has 0 amide bonds. The van der Waals surface area contributed by atoms with Gasteiger partial charge >= 0.3 is 0 Å². The summed E-state index contributed by atoms with van der Waals surface area (Å²) < 4.78 is 19.6. The highest BCUT2D eigenvalue weighted by atomic mass is 79.9. The molecule has 0 unspecified atom stereocenters. The Morgan fingerprint density at radius 3 is 3.00 bits per heavy atom. The van der Waals surface area contributed by atoms with Crippen LogP contribution in [0.1, 0.15) is 6.92 Å². The molecular formula is C12H11BrFN3O. The summed E-state index contributed by atoms with van der Waals surface area (Å²) in [5, 5.41) is 3.00. The van der Waals surface area contributed by atoms with Gasteiger partial charge in [0.2, 0.25) is 5.88 Å². The van der Waals surface area contributed by atoms with E-state index in [-0.39, 0.29) is 11.6 Å². The largest absolute Gasteiger partial charge is 0.434 e. The van der Waals surface area contributed by atoms with E-state index in [9.17, 15) is 4.39 Å². The second-order valence-electron chi connectivity index (χ2n) is 3.45. The van der Waals surface area contributed by atoms with Crippen molar-refractivity contribution in [1.29, 1.82) is 0 Å². The van der Waals surface area contributed by atoms with Gasteiger partial charge in [0.25, 0.3) is 0 Å². The fourth-order valence-electron chi connectivity index (χ4n) is 1.33. The lowest BCUT2D eigenvalue weighted by Crippen LogP contribution is -2.01. The minimum absolute atomic E-state index is 0.104. The van der Waals surface area contributed by atoms with Crippen molar-refractivity contribution in [3.63, 3.8) is 0 Å². The molecule has 18 heavy (non-hydrogen) atoms. The maximum atomic E-state index is 13.5. The van der Waals surface area contributed by atoms with E-state index in [0.717, 1.165) is 11.0 Å². The van der Waals surface area contributed by atoms with Gasteiger partial charge in [-0.1, -0.05) is 15.9 Å². The van der Waals surface area contributed by atoms with Crippen molar-refractivity contribution >= 4 is 21.7 Å². The highest BCUT2D eigenvalue weighted by Gasteiger charge is 2.07. The van der Waals surface area contributed by atoms with Crippen LogP contribution in [0, 0.1) is 5.82 Å². The first-order valence-corrected chi connectivity index (χ1v) is 6.17. The molecule has 0 fully saturated rings. The van der Waals surface area contributed by atoms with E-state index in [0.29, 0.717) is 5.82 Å². The van der Waals surface area contributed by atoms with Crippen LogP contribution >= 0.6 is 15.9 Å². The van der Waals surface area contributed by atoms with Gasteiger partial charge in [-0.05, 0) is 25.1 Å². The van der Waals surface area contributed by atoms with Crippen LogP contribution in [-0.2, 0) is 0 Å². The zero-order valence-corrected chi connectivity index (χ0v) is 11.2. The third-order valence-corrected chi connectivity index (χ3v) is 2.57. The average molecular weight is 312 g/mol. The number of anilines is 1. The summed E-state index contributed by atoms with van der Waals surface area (Å²) in [7, 11) is 0. The van der Waals surface area contributed by atoms with Crippen molar-refractivity contribution in [1.82, 2.24) is 9.97 Å². The average Bonchev–Trinajstić information content (AvgIpc) is 2.35. The Bertz CT molecular complexity index is 551. The summed E-state index contributed by atoms with van der Waals surface area (Å²) in [6, 6.07) is 4.46. The molecule has 94 valence electrons. The Morgan fingerprint density at radius 1 is 1.39 bits per heavy atom. The lowest BCUT2D eigenvalue weighted by atomic mass is 10.3. The van der Waals surface area contributed by atoms with E-state index >= 15 is 0 Å². The summed E-state index contributed by atoms with van der Waals surface area (Å²) in [4.78, 5) is 8.12. The number of hydrogen-bond donors (Lipinski definition) is 1. The molecule has 0 saturated heterocycles. The van der Waals surface area contributed by atoms with Crippen LogP contribution in [0.3, 0.4) is 0 Å². The van der Waals surface area contributed by atoms with E-state index in [1.165, 1.54) is 18.3 Å². The normalized spacial score (nSPS) is 10.2. The maximum Gasteiger partial charge on any atom is 0.239 e. The summed E-state index contributed by atoms with van der Waals surface area (Å²) in [6.45, 7) is 2.67. The van der Waals surface area contributed by atoms with Gasteiger partial charge in [0.05, 0.1) is 12.4 Å². The number of hydrogen-bond acceptors (Lipinski definition) is 4. The predicted octanol–water partition coefficient (Wildman–Crippen LogP) is 3.60. The van der Waals surface area contributed by atoms with Crippen molar-refractivity contribution in [2.75, 3.05) is 11.9 Å². The molecule has 0 saturated carbocycles. The number of benzene rings is 1. The summed E-state index contributed by atoms with van der Waals surface area (Å²) in [5.74, 6) is 0.483. The van der Waals surface area contributed by atoms with Crippen LogP contribution in [0.2, 0.25) is 0 Å². The zero-order valence-electron chi connectivity index (χ0n) is 9.65. The molecule has 2 aromatic rings. The minimum atomic E-state index is -0.450. The Labute approximate surface area is 112 Å². The molecule has 1 aromatic carbocycles. The lowest BCUT2D eigenvalue weighted by Gasteiger charge is -2.07. The van der Waals surface area contributed by atoms with Crippen LogP contribution in [0.25, 0.3) is 0 Å². The van der Waals surface area contributed by atoms with E-state index < -0.39 is 5.82 Å². The molecule has 0 aliphatic heterocycles. The first-order valence-electron chi connectivity index (χ1n) is 5.38. The lowest BCUT2D eigenvalue weighted by molar-refractivity contribution is 0.425. The molecule has 0 radical (unpaired) electrons. The van der Waals surface area contributed by atoms with Crippen molar-refractivity contribution in [3.05, 3.63) is 40.9 Å². The minimum Gasteiger partial charge on any atom is -0.434 e. The molecule has 0 aliphatic carbocycles. The van der Waals surface area contributed by atoms with Crippen LogP contribution in [0.5, 0.6) is 11.6 Å². The topological polar surface area (TPSA) is 47.0 Å². The maximum absolute atomic E-state index is 13.5. The highest BCUT2D eigenvalue weighted by Crippen LogP contribution is 2.26. The highest BCUT2D eigenvalue weighted by molar-refractivity contribution is 9.10. The predicted molar refractivity (Wildman–Crippen MR) is 70.4 cm³/mol. The number of ether oxygens (including phenoxy) is 1. The van der Waals surface area contributed by atoms with Crippen LogP contribution < -0.4 is 10.1 Å². The SMILES string of the molecule is CCNc1cncc(Oc2cc(Br)ccc2F)n1. The second kappa shape index (κ2) is 5.77. The summed E-state index contributed by atoms with van der Waals surface area (Å²) in [5.41, 5.74) is 0. The molecule has 0 atom stereocenters. The van der Waals surface area contributed by atoms with Gasteiger partial charge in [-0.25, -0.2) is 4.39 Å². The third-order valence-electron chi connectivity index (χ3n) is 2.08. The standard InChI is InChI=1S/C12H11BrFN3O/c1-2-16-11-6-15-7-12(17-11)18-10-5-8(13)3-4-9(10)14/h3-7H,2H2,1H3,(H,16,17). The van der Waals surface area contributed by atoms with Crippen molar-refractivity contribution in [2.45, 2.75) is 6.92 Å². The van der Waals surface area contributed by atoms with Gasteiger partial charge in [-0.3, -0.25) is 4.98 Å². The molecule has 6 heteroatoms. The fraction of sp³-hybridized carbons (Fsp3) is 0.167. The van der Waals surface area contributed by atoms with Crippen LogP contribution in [0.4, 0.5) is 10.2 Å². The molecule has 0 spiro atoms. The number of nitrogens with one attached hydrogen (secondary N) is 1. The smallest absolute Gasteiger partial charge is 0.239 e. The molecule has 2 rings (SSSR count). The van der Waals surface area contributed by atoms with Gasteiger partial charge in [0, 0.05) is 11.0 Å². The van der Waals surface area contributed by atoms with Gasteiger partial charge < -0.3 is 10.1 Å². The van der Waals surface area contributed by atoms with Crippen molar-refractivity contribution in [3.8, 4) is 11.6 Å². The molecule has 0 bridgehead atoms. The molecular weight excluding hydrogens is 301 g/mol. The van der Waals surface area contributed by atoms with E-state index in [1.807, 2.05) is 6.92 Å². The molecule has 1 N–H and O–H groups in total. The Balaban J connectivity index is 2.22. The first kappa shape index (κ1) is 12.8. The Kier molecular flexibility index (Phi) is 4.09. The Morgan fingerprint density at radius 2 is 2.22 bits per heavy atom. The molecule has 0 aliphatic rings. The quantitative estimate of drug-likeness (QED) is 0.937. The number of aromatic nitrogens is 2. The molecule has 4 nitrogen and oxygen atoms in total. The van der Waals surface area contributed by atoms with Crippen LogP contribution in [0.15, 0.2) is 35.1 Å². The van der Waals surface area contributed by atoms with Gasteiger partial charge in [0.1, 0.15) is 5.82 Å². The first-order chi connectivity index (χ1) is 8.69. The molecule has 1 aromatic heterocycles. The van der Waals surface area contributed by atoms with E-state index in [4.69, 9.17) is 4.74 Å². The Hall–Kier alpha value is -1.69. The van der Waals surface area contributed by atoms with Gasteiger partial charge in [-0.2, -0.15) is 4.98 Å². The number of nitrogens with zero attached hydrogens (tertiary/aromatic N) is 2. The number of rotatable bonds is 4. The molecule has 1 heterocycles. The fourth-order valence-corrected chi connectivity index (χ4v) is 1.67. The van der Waals surface area contributed by atoms with E-state index in [2.05, 4.69) is 31.2 Å². The van der Waals surface area contributed by atoms with Crippen molar-refractivity contribution < 1.29 is 9.13 Å². The van der Waals surface area contributed by atoms with Crippen LogP contribution in [-0.4, -0.2) is 16.5 Å². The zero-order chi connectivity index (χ0) is 13.0. The second-order valence-corrected chi connectivity index (χ2v) is 4.37. The van der Waals surface area contributed by atoms with Crippen molar-refractivity contribution in [2.24, 2.45) is 0 Å². The monoisotopic (exact) mass is 311 g/mol. The summed E-state index contributed by atoms with van der Waals surface area (Å²) >= 11 is 3.25. The third kappa shape index (κ3) is 3.16. The summed E-state index contributed by atoms with van der Waals surface area (Å²) in [6.07, 6.45) is 3.01.